The summed E-state index contributed by atoms with van der Waals surface area (Å²) in [5.41, 5.74) is 6.06. The second-order valence-electron chi connectivity index (χ2n) is 6.67. The number of carbonyl (C=O) groups excluding carboxylic acids is 2. The van der Waals surface area contributed by atoms with Crippen molar-refractivity contribution in [2.75, 3.05) is 19.0 Å². The van der Waals surface area contributed by atoms with E-state index in [1.165, 1.54) is 7.11 Å². The molecule has 2 aromatic rings. The number of rotatable bonds is 6. The lowest BCUT2D eigenvalue weighted by Gasteiger charge is -2.39. The van der Waals surface area contributed by atoms with E-state index in [1.807, 2.05) is 0 Å². The molecule has 0 radical (unpaired) electrons. The summed E-state index contributed by atoms with van der Waals surface area (Å²) in [7, 11) is 1.22. The first-order chi connectivity index (χ1) is 14.7. The maximum atomic E-state index is 12.0. The van der Waals surface area contributed by atoms with Gasteiger partial charge in [0.2, 0.25) is 6.29 Å². The first-order valence-electron chi connectivity index (χ1n) is 9.11. The largest absolute Gasteiger partial charge is 0.465 e. The van der Waals surface area contributed by atoms with Gasteiger partial charge >= 0.3 is 12.0 Å². The van der Waals surface area contributed by atoms with E-state index in [2.05, 4.69) is 5.32 Å². The zero-order valence-corrected chi connectivity index (χ0v) is 17.1. The summed E-state index contributed by atoms with van der Waals surface area (Å²) in [4.78, 5) is 24.0. The van der Waals surface area contributed by atoms with E-state index in [1.54, 1.807) is 30.3 Å². The average Bonchev–Trinajstić information content (AvgIpc) is 3.17. The second kappa shape index (κ2) is 9.60. The predicted octanol–water partition coefficient (Wildman–Crippen LogP) is -0.129. The molecular weight excluding hydrogens is 432 g/mol. The molecule has 1 saturated heterocycles. The van der Waals surface area contributed by atoms with Gasteiger partial charge < -0.3 is 45.7 Å². The maximum Gasteiger partial charge on any atom is 0.350 e. The van der Waals surface area contributed by atoms with Gasteiger partial charge in [-0.2, -0.15) is 0 Å². The lowest BCUT2D eigenvalue weighted by Crippen LogP contribution is -2.60. The number of methoxy groups -OCH3 is 1. The fourth-order valence-electron chi connectivity index (χ4n) is 3.00. The van der Waals surface area contributed by atoms with Crippen LogP contribution in [0.3, 0.4) is 0 Å². The molecule has 1 aliphatic heterocycles. The SMILES string of the molecule is COC(=O)c1sc(-c2ccc(O[C@H]3O[C@H](CO)[C@@H](O)[C@@H](O)[C@H]3O)cc2)cc1NC(N)=O. The Balaban J connectivity index is 1.78. The number of thiophene rings is 1. The summed E-state index contributed by atoms with van der Waals surface area (Å²) < 4.78 is 15.6. The minimum atomic E-state index is -1.55. The number of benzene rings is 1. The Hall–Kier alpha value is -2.74. The van der Waals surface area contributed by atoms with Crippen LogP contribution in [0.1, 0.15) is 9.67 Å². The molecule has 7 N–H and O–H groups in total. The molecule has 31 heavy (non-hydrogen) atoms. The molecule has 1 aromatic heterocycles. The highest BCUT2D eigenvalue weighted by molar-refractivity contribution is 7.18. The van der Waals surface area contributed by atoms with Crippen molar-refractivity contribution in [2.45, 2.75) is 30.7 Å². The Bertz CT molecular complexity index is 931. The van der Waals surface area contributed by atoms with Crippen LogP contribution in [-0.4, -0.2) is 76.8 Å². The number of hydrogen-bond acceptors (Lipinski definition) is 10. The van der Waals surface area contributed by atoms with Gasteiger partial charge in [0, 0.05) is 4.88 Å². The highest BCUT2D eigenvalue weighted by atomic mass is 32.1. The smallest absolute Gasteiger partial charge is 0.350 e. The molecule has 0 saturated carbocycles. The number of anilines is 1. The van der Waals surface area contributed by atoms with Crippen LogP contribution in [0.4, 0.5) is 10.5 Å². The standard InChI is InChI=1S/C19H22N2O9S/c1-28-17(26)16-10(21-19(20)27)6-12(31-16)8-2-4-9(5-3-8)29-18-15(25)14(24)13(23)11(7-22)30-18/h2-6,11,13-15,18,22-25H,7H2,1H3,(H3,20,21,27)/t11-,13-,14-,15-,18+/m1/s1. The van der Waals surface area contributed by atoms with E-state index >= 15 is 0 Å². The van der Waals surface area contributed by atoms with Crippen molar-refractivity contribution in [3.8, 4) is 16.2 Å². The summed E-state index contributed by atoms with van der Waals surface area (Å²) in [6.45, 7) is -0.563. The zero-order valence-electron chi connectivity index (χ0n) is 16.3. The van der Waals surface area contributed by atoms with Crippen molar-refractivity contribution in [2.24, 2.45) is 5.73 Å². The average molecular weight is 454 g/mol. The molecule has 2 heterocycles. The number of nitrogens with one attached hydrogen (secondary N) is 1. The van der Waals surface area contributed by atoms with Crippen LogP contribution in [0.5, 0.6) is 5.75 Å². The van der Waals surface area contributed by atoms with Gasteiger partial charge in [-0.15, -0.1) is 11.3 Å². The van der Waals surface area contributed by atoms with E-state index < -0.39 is 49.3 Å². The third kappa shape index (κ3) is 4.95. The molecule has 0 spiro atoms. The van der Waals surface area contributed by atoms with Gasteiger partial charge in [0.05, 0.1) is 19.4 Å². The topological polar surface area (TPSA) is 181 Å². The number of nitrogens with two attached hydrogens (primary N) is 1. The number of aliphatic hydroxyl groups is 4. The highest BCUT2D eigenvalue weighted by Gasteiger charge is 2.44. The van der Waals surface area contributed by atoms with Gasteiger partial charge in [-0.3, -0.25) is 0 Å². The Kier molecular flexibility index (Phi) is 7.10. The summed E-state index contributed by atoms with van der Waals surface area (Å²) in [5.74, 6) is -0.337. The molecule has 0 unspecified atom stereocenters. The Morgan fingerprint density at radius 3 is 2.42 bits per heavy atom. The number of carbonyl (C=O) groups is 2. The molecule has 0 aliphatic carbocycles. The van der Waals surface area contributed by atoms with Gasteiger partial charge in [-0.25, -0.2) is 9.59 Å². The predicted molar refractivity (Wildman–Crippen MR) is 109 cm³/mol. The van der Waals surface area contributed by atoms with E-state index in [0.29, 0.717) is 10.4 Å². The molecule has 1 aromatic carbocycles. The van der Waals surface area contributed by atoms with E-state index in [-0.39, 0.29) is 16.3 Å². The quantitative estimate of drug-likeness (QED) is 0.324. The third-order valence-corrected chi connectivity index (χ3v) is 5.76. The Morgan fingerprint density at radius 1 is 1.16 bits per heavy atom. The third-order valence-electron chi connectivity index (χ3n) is 4.60. The minimum Gasteiger partial charge on any atom is -0.465 e. The lowest BCUT2D eigenvalue weighted by molar-refractivity contribution is -0.277. The van der Waals surface area contributed by atoms with Crippen LogP contribution in [0.15, 0.2) is 30.3 Å². The molecule has 3 rings (SSSR count). The van der Waals surface area contributed by atoms with Crippen molar-refractivity contribution < 1.29 is 44.2 Å². The van der Waals surface area contributed by atoms with Crippen molar-refractivity contribution in [1.29, 1.82) is 0 Å². The monoisotopic (exact) mass is 454 g/mol. The first-order valence-corrected chi connectivity index (χ1v) is 9.93. The highest BCUT2D eigenvalue weighted by Crippen LogP contribution is 2.36. The van der Waals surface area contributed by atoms with Crippen molar-refractivity contribution >= 4 is 29.0 Å². The number of amides is 2. The first kappa shape index (κ1) is 22.9. The number of hydrogen-bond donors (Lipinski definition) is 6. The number of ether oxygens (including phenoxy) is 3. The van der Waals surface area contributed by atoms with Gasteiger partial charge in [0.25, 0.3) is 0 Å². The molecule has 12 heteroatoms. The van der Waals surface area contributed by atoms with Crippen LogP contribution < -0.4 is 15.8 Å². The minimum absolute atomic E-state index is 0.179. The number of esters is 1. The normalized spacial score (nSPS) is 25.6. The molecule has 0 bridgehead atoms. The van der Waals surface area contributed by atoms with Gasteiger partial charge in [0.15, 0.2) is 0 Å². The molecular formula is C19H22N2O9S. The Morgan fingerprint density at radius 2 is 1.84 bits per heavy atom. The summed E-state index contributed by atoms with van der Waals surface area (Å²) in [6, 6.07) is 7.22. The van der Waals surface area contributed by atoms with Crippen molar-refractivity contribution in [3.05, 3.63) is 35.2 Å². The van der Waals surface area contributed by atoms with E-state index in [9.17, 15) is 30.0 Å². The molecule has 168 valence electrons. The molecule has 11 nitrogen and oxygen atoms in total. The van der Waals surface area contributed by atoms with Crippen molar-refractivity contribution in [1.82, 2.24) is 0 Å². The van der Waals surface area contributed by atoms with Crippen LogP contribution in [0.2, 0.25) is 0 Å². The zero-order chi connectivity index (χ0) is 22.7. The van der Waals surface area contributed by atoms with Crippen LogP contribution >= 0.6 is 11.3 Å². The number of aliphatic hydroxyl groups excluding tert-OH is 4. The van der Waals surface area contributed by atoms with Gasteiger partial charge in [-0.1, -0.05) is 0 Å². The molecule has 5 atom stereocenters. The summed E-state index contributed by atoms with van der Waals surface area (Å²) >= 11 is 1.09. The van der Waals surface area contributed by atoms with Crippen LogP contribution in [0.25, 0.3) is 10.4 Å². The van der Waals surface area contributed by atoms with Crippen LogP contribution in [-0.2, 0) is 9.47 Å². The summed E-state index contributed by atoms with van der Waals surface area (Å²) in [6.07, 6.45) is -6.94. The maximum absolute atomic E-state index is 12.0. The molecule has 2 amide bonds. The fourth-order valence-corrected chi connectivity index (χ4v) is 4.04. The molecule has 1 aliphatic rings. The van der Waals surface area contributed by atoms with Crippen molar-refractivity contribution in [3.63, 3.8) is 0 Å². The second-order valence-corrected chi connectivity index (χ2v) is 7.73. The lowest BCUT2D eigenvalue weighted by atomic mass is 9.99. The van der Waals surface area contributed by atoms with E-state index in [4.69, 9.17) is 19.9 Å². The fraction of sp³-hybridized carbons (Fsp3) is 0.368. The Labute approximate surface area is 180 Å². The van der Waals surface area contributed by atoms with Gasteiger partial charge in [0.1, 0.15) is 35.0 Å². The van der Waals surface area contributed by atoms with E-state index in [0.717, 1.165) is 11.3 Å². The number of urea groups is 1. The molecule has 1 fully saturated rings. The van der Waals surface area contributed by atoms with Crippen LogP contribution in [0, 0.1) is 0 Å². The number of primary amides is 1. The summed E-state index contributed by atoms with van der Waals surface area (Å²) in [5, 5.41) is 41.4. The van der Waals surface area contributed by atoms with Gasteiger partial charge in [-0.05, 0) is 35.9 Å².